The van der Waals surface area contributed by atoms with Gasteiger partial charge in [0.15, 0.2) is 0 Å². The molecule has 1 saturated carbocycles. The molecule has 0 spiro atoms. The van der Waals surface area contributed by atoms with E-state index in [-0.39, 0.29) is 23.8 Å². The Morgan fingerprint density at radius 1 is 1.00 bits per heavy atom. The molecule has 1 aliphatic heterocycles. The molecule has 6 heteroatoms. The van der Waals surface area contributed by atoms with Gasteiger partial charge in [0, 0.05) is 4.24 Å². The summed E-state index contributed by atoms with van der Waals surface area (Å²) < 4.78 is 10.9. The number of hydrogen-bond donors (Lipinski definition) is 0. The Kier molecular flexibility index (Phi) is 5.21. The number of carbonyl (C=O) groups is 2. The summed E-state index contributed by atoms with van der Waals surface area (Å²) in [5, 5.41) is 0. The molecule has 0 aromatic carbocycles. The molecule has 0 aromatic rings. The average Bonchev–Trinajstić information content (AvgIpc) is 2.91. The SMILES string of the molecule is COC(=O)C1CC(=C2SCCCS2)CC1C(=O)OC. The van der Waals surface area contributed by atoms with Crippen molar-refractivity contribution in [3.63, 3.8) is 0 Å². The third kappa shape index (κ3) is 3.28. The Balaban J connectivity index is 2.18. The predicted octanol–water partition coefficient (Wildman–Crippen LogP) is 2.44. The maximum atomic E-state index is 11.8. The van der Waals surface area contributed by atoms with Crippen LogP contribution in [0.3, 0.4) is 0 Å². The van der Waals surface area contributed by atoms with E-state index in [9.17, 15) is 9.59 Å². The quantitative estimate of drug-likeness (QED) is 0.730. The molecule has 1 aliphatic carbocycles. The Morgan fingerprint density at radius 2 is 1.47 bits per heavy atom. The van der Waals surface area contributed by atoms with E-state index in [1.165, 1.54) is 30.5 Å². The number of methoxy groups -OCH3 is 2. The molecule has 2 unspecified atom stereocenters. The molecule has 19 heavy (non-hydrogen) atoms. The summed E-state index contributed by atoms with van der Waals surface area (Å²) in [4.78, 5) is 23.6. The third-order valence-corrected chi connectivity index (χ3v) is 6.26. The Morgan fingerprint density at radius 3 is 1.89 bits per heavy atom. The van der Waals surface area contributed by atoms with Crippen LogP contribution >= 0.6 is 23.5 Å². The van der Waals surface area contributed by atoms with Crippen molar-refractivity contribution in [2.45, 2.75) is 19.3 Å². The van der Waals surface area contributed by atoms with E-state index in [1.54, 1.807) is 0 Å². The van der Waals surface area contributed by atoms with Crippen molar-refractivity contribution < 1.29 is 19.1 Å². The van der Waals surface area contributed by atoms with Crippen molar-refractivity contribution in [3.05, 3.63) is 9.81 Å². The van der Waals surface area contributed by atoms with Gasteiger partial charge < -0.3 is 9.47 Å². The van der Waals surface area contributed by atoms with E-state index in [0.29, 0.717) is 12.8 Å². The molecule has 0 amide bonds. The highest BCUT2D eigenvalue weighted by Gasteiger charge is 2.42. The molecule has 2 fully saturated rings. The highest BCUT2D eigenvalue weighted by molar-refractivity contribution is 8.22. The van der Waals surface area contributed by atoms with Crippen LogP contribution in [-0.4, -0.2) is 37.7 Å². The highest BCUT2D eigenvalue weighted by atomic mass is 32.2. The Labute approximate surface area is 121 Å². The van der Waals surface area contributed by atoms with Crippen LogP contribution in [0.2, 0.25) is 0 Å². The lowest BCUT2D eigenvalue weighted by atomic mass is 9.96. The topological polar surface area (TPSA) is 52.6 Å². The van der Waals surface area contributed by atoms with Gasteiger partial charge in [-0.05, 0) is 36.3 Å². The summed E-state index contributed by atoms with van der Waals surface area (Å²) in [6, 6.07) is 0. The van der Waals surface area contributed by atoms with Crippen molar-refractivity contribution in [2.24, 2.45) is 11.8 Å². The van der Waals surface area contributed by atoms with Gasteiger partial charge in [-0.2, -0.15) is 0 Å². The Hall–Kier alpha value is -0.620. The fourth-order valence-corrected chi connectivity index (χ4v) is 5.20. The van der Waals surface area contributed by atoms with Crippen molar-refractivity contribution in [1.82, 2.24) is 0 Å². The molecule has 0 bridgehead atoms. The molecule has 1 saturated heterocycles. The molecule has 4 nitrogen and oxygen atoms in total. The summed E-state index contributed by atoms with van der Waals surface area (Å²) in [6.07, 6.45) is 2.47. The van der Waals surface area contributed by atoms with Gasteiger partial charge in [0.1, 0.15) is 0 Å². The zero-order chi connectivity index (χ0) is 13.8. The van der Waals surface area contributed by atoms with Crippen molar-refractivity contribution in [1.29, 1.82) is 0 Å². The van der Waals surface area contributed by atoms with Crippen LogP contribution in [0.4, 0.5) is 0 Å². The van der Waals surface area contributed by atoms with Crippen LogP contribution in [0.15, 0.2) is 9.81 Å². The molecular weight excluding hydrogens is 284 g/mol. The Bertz CT molecular complexity index is 371. The van der Waals surface area contributed by atoms with E-state index >= 15 is 0 Å². The number of hydrogen-bond acceptors (Lipinski definition) is 6. The fourth-order valence-electron chi connectivity index (χ4n) is 2.50. The number of allylic oxidation sites excluding steroid dienone is 1. The summed E-state index contributed by atoms with van der Waals surface area (Å²) in [6.45, 7) is 0. The lowest BCUT2D eigenvalue weighted by molar-refractivity contribution is -0.156. The van der Waals surface area contributed by atoms with E-state index < -0.39 is 0 Å². The largest absolute Gasteiger partial charge is 0.469 e. The van der Waals surface area contributed by atoms with Crippen LogP contribution in [0, 0.1) is 11.8 Å². The second-order valence-electron chi connectivity index (χ2n) is 4.61. The summed E-state index contributed by atoms with van der Waals surface area (Å²) in [7, 11) is 2.73. The molecule has 1 heterocycles. The van der Waals surface area contributed by atoms with Crippen LogP contribution in [0.25, 0.3) is 0 Å². The van der Waals surface area contributed by atoms with Gasteiger partial charge in [0.05, 0.1) is 26.1 Å². The van der Waals surface area contributed by atoms with Gasteiger partial charge in [0.2, 0.25) is 0 Å². The molecule has 0 N–H and O–H groups in total. The van der Waals surface area contributed by atoms with E-state index in [1.807, 2.05) is 23.5 Å². The molecule has 106 valence electrons. The van der Waals surface area contributed by atoms with Gasteiger partial charge in [-0.25, -0.2) is 0 Å². The van der Waals surface area contributed by atoms with Crippen molar-refractivity contribution in [3.8, 4) is 0 Å². The summed E-state index contributed by atoms with van der Waals surface area (Å²) in [5.74, 6) is 0.856. The van der Waals surface area contributed by atoms with Gasteiger partial charge in [-0.15, -0.1) is 23.5 Å². The smallest absolute Gasteiger partial charge is 0.309 e. The second-order valence-corrected chi connectivity index (χ2v) is 7.08. The fraction of sp³-hybridized carbons (Fsp3) is 0.692. The van der Waals surface area contributed by atoms with E-state index in [0.717, 1.165) is 11.5 Å². The minimum Gasteiger partial charge on any atom is -0.469 e. The molecule has 0 aromatic heterocycles. The van der Waals surface area contributed by atoms with Crippen LogP contribution < -0.4 is 0 Å². The number of ether oxygens (including phenoxy) is 2. The van der Waals surface area contributed by atoms with Gasteiger partial charge >= 0.3 is 11.9 Å². The van der Waals surface area contributed by atoms with Crippen LogP contribution in [-0.2, 0) is 19.1 Å². The molecular formula is C13H18O4S2. The first-order chi connectivity index (χ1) is 9.17. The minimum atomic E-state index is -0.386. The maximum absolute atomic E-state index is 11.8. The van der Waals surface area contributed by atoms with Gasteiger partial charge in [0.25, 0.3) is 0 Å². The molecule has 2 aliphatic rings. The van der Waals surface area contributed by atoms with Gasteiger partial charge in [-0.1, -0.05) is 0 Å². The van der Waals surface area contributed by atoms with Crippen LogP contribution in [0.5, 0.6) is 0 Å². The van der Waals surface area contributed by atoms with Crippen molar-refractivity contribution in [2.75, 3.05) is 25.7 Å². The lowest BCUT2D eigenvalue weighted by Gasteiger charge is -2.15. The first-order valence-electron chi connectivity index (χ1n) is 6.30. The minimum absolute atomic E-state index is 0.309. The number of thioether (sulfide) groups is 2. The third-order valence-electron chi connectivity index (χ3n) is 3.47. The van der Waals surface area contributed by atoms with Crippen LogP contribution in [0.1, 0.15) is 19.3 Å². The molecule has 0 radical (unpaired) electrons. The first-order valence-corrected chi connectivity index (χ1v) is 8.27. The van der Waals surface area contributed by atoms with E-state index in [4.69, 9.17) is 9.47 Å². The average molecular weight is 302 g/mol. The highest BCUT2D eigenvalue weighted by Crippen LogP contribution is 2.46. The number of rotatable bonds is 2. The number of esters is 2. The zero-order valence-corrected chi connectivity index (χ0v) is 12.8. The summed E-state index contributed by atoms with van der Waals surface area (Å²) in [5.41, 5.74) is 1.22. The monoisotopic (exact) mass is 302 g/mol. The maximum Gasteiger partial charge on any atom is 0.309 e. The standard InChI is InChI=1S/C13H18O4S2/c1-16-11(14)9-6-8(7-10(9)12(15)17-2)13-18-4-3-5-19-13/h9-10H,3-7H2,1-2H3. The normalized spacial score (nSPS) is 27.3. The van der Waals surface area contributed by atoms with Gasteiger partial charge in [-0.3, -0.25) is 9.59 Å². The number of carbonyl (C=O) groups excluding carboxylic acids is 2. The van der Waals surface area contributed by atoms with E-state index in [2.05, 4.69) is 0 Å². The second kappa shape index (κ2) is 6.70. The lowest BCUT2D eigenvalue weighted by Crippen LogP contribution is -2.27. The first kappa shape index (κ1) is 14.8. The van der Waals surface area contributed by atoms with Crippen molar-refractivity contribution >= 4 is 35.5 Å². The molecule has 2 rings (SSSR count). The molecule has 2 atom stereocenters. The summed E-state index contributed by atoms with van der Waals surface area (Å²) >= 11 is 3.68. The predicted molar refractivity (Wildman–Crippen MR) is 76.8 cm³/mol. The zero-order valence-electron chi connectivity index (χ0n) is 11.1.